The van der Waals surface area contributed by atoms with Gasteiger partial charge < -0.3 is 9.47 Å². The molecule has 7 heteroatoms. The summed E-state index contributed by atoms with van der Waals surface area (Å²) < 4.78 is 3.98. The Kier molecular flexibility index (Phi) is 3.30. The van der Waals surface area contributed by atoms with Crippen LogP contribution in [-0.2, 0) is 18.6 Å². The number of hydrogen-bond donors (Lipinski definition) is 0. The van der Waals surface area contributed by atoms with Crippen LogP contribution in [0.25, 0.3) is 0 Å². The van der Waals surface area contributed by atoms with E-state index in [1.807, 2.05) is 22.6 Å². The van der Waals surface area contributed by atoms with Crippen molar-refractivity contribution in [3.05, 3.63) is 29.1 Å². The largest absolute Gasteiger partial charge is 0.328 e. The van der Waals surface area contributed by atoms with Crippen molar-refractivity contribution < 1.29 is 4.79 Å². The highest BCUT2D eigenvalue weighted by Crippen LogP contribution is 2.40. The smallest absolute Gasteiger partial charge is 0.272 e. The van der Waals surface area contributed by atoms with Crippen LogP contribution < -0.4 is 0 Å². The highest BCUT2D eigenvalue weighted by Gasteiger charge is 2.33. The third-order valence-corrected chi connectivity index (χ3v) is 4.80. The number of fused-ring (bicyclic) bond motifs is 1. The van der Waals surface area contributed by atoms with E-state index in [0.717, 1.165) is 23.9 Å². The van der Waals surface area contributed by atoms with Crippen LogP contribution in [-0.4, -0.2) is 41.9 Å². The Morgan fingerprint density at radius 2 is 1.96 bits per heavy atom. The van der Waals surface area contributed by atoms with Crippen LogP contribution in [0.4, 0.5) is 0 Å². The Bertz CT molecular complexity index is 793. The van der Waals surface area contributed by atoms with E-state index in [1.165, 1.54) is 12.8 Å². The van der Waals surface area contributed by atoms with Gasteiger partial charge in [0.05, 0.1) is 17.8 Å². The molecule has 4 rings (SSSR count). The molecule has 7 nitrogen and oxygen atoms in total. The van der Waals surface area contributed by atoms with Crippen LogP contribution in [0.1, 0.15) is 67.4 Å². The standard InChI is InChI=1S/C17H24N6O/c1-11-18-19-15-10-21(7-8-22(11)15)16(24)14-9-13(12-5-6-12)20-23(14)17(2,3)4/h9,12H,5-8,10H2,1-4H3. The first-order chi connectivity index (χ1) is 11.3. The number of aromatic nitrogens is 5. The van der Waals surface area contributed by atoms with Crippen LogP contribution in [0.3, 0.4) is 0 Å². The van der Waals surface area contributed by atoms with Gasteiger partial charge in [0.25, 0.3) is 5.91 Å². The van der Waals surface area contributed by atoms with Crippen LogP contribution in [0.5, 0.6) is 0 Å². The van der Waals surface area contributed by atoms with E-state index >= 15 is 0 Å². The van der Waals surface area contributed by atoms with Gasteiger partial charge in [-0.25, -0.2) is 0 Å². The summed E-state index contributed by atoms with van der Waals surface area (Å²) in [4.78, 5) is 15.0. The number of rotatable bonds is 2. The topological polar surface area (TPSA) is 68.8 Å². The second-order valence-electron chi connectivity index (χ2n) is 7.85. The highest BCUT2D eigenvalue weighted by atomic mass is 16.2. The molecule has 1 amide bonds. The van der Waals surface area contributed by atoms with Crippen LogP contribution >= 0.6 is 0 Å². The van der Waals surface area contributed by atoms with Gasteiger partial charge in [0, 0.05) is 19.0 Å². The molecule has 1 fully saturated rings. The third kappa shape index (κ3) is 2.52. The van der Waals surface area contributed by atoms with E-state index in [9.17, 15) is 4.79 Å². The van der Waals surface area contributed by atoms with E-state index < -0.39 is 0 Å². The van der Waals surface area contributed by atoms with Gasteiger partial charge in [-0.3, -0.25) is 9.48 Å². The molecule has 24 heavy (non-hydrogen) atoms. The molecule has 0 unspecified atom stereocenters. The maximum absolute atomic E-state index is 13.1. The molecule has 0 radical (unpaired) electrons. The van der Waals surface area contributed by atoms with Gasteiger partial charge in [-0.05, 0) is 46.6 Å². The van der Waals surface area contributed by atoms with Crippen molar-refractivity contribution in [2.24, 2.45) is 0 Å². The molecule has 0 aromatic carbocycles. The number of carbonyl (C=O) groups excluding carboxylic acids is 1. The van der Waals surface area contributed by atoms with Gasteiger partial charge in [-0.15, -0.1) is 10.2 Å². The minimum Gasteiger partial charge on any atom is -0.328 e. The molecule has 3 heterocycles. The first kappa shape index (κ1) is 15.4. The molecular formula is C17H24N6O. The van der Waals surface area contributed by atoms with E-state index in [-0.39, 0.29) is 11.4 Å². The lowest BCUT2D eigenvalue weighted by Crippen LogP contribution is -2.40. The fourth-order valence-electron chi connectivity index (χ4n) is 3.28. The zero-order chi connectivity index (χ0) is 17.1. The van der Waals surface area contributed by atoms with Gasteiger partial charge >= 0.3 is 0 Å². The molecule has 2 aromatic rings. The number of hydrogen-bond acceptors (Lipinski definition) is 4. The third-order valence-electron chi connectivity index (χ3n) is 4.80. The summed E-state index contributed by atoms with van der Waals surface area (Å²) in [6.45, 7) is 10.1. The van der Waals surface area contributed by atoms with Gasteiger partial charge in [-0.1, -0.05) is 0 Å². The summed E-state index contributed by atoms with van der Waals surface area (Å²) in [6, 6.07) is 2.00. The van der Waals surface area contributed by atoms with Gasteiger partial charge in [0.1, 0.15) is 11.5 Å². The fourth-order valence-corrected chi connectivity index (χ4v) is 3.28. The first-order valence-corrected chi connectivity index (χ1v) is 8.63. The highest BCUT2D eigenvalue weighted by molar-refractivity contribution is 5.93. The van der Waals surface area contributed by atoms with Crippen molar-refractivity contribution in [2.45, 2.75) is 65.1 Å². The van der Waals surface area contributed by atoms with Crippen molar-refractivity contribution in [3.8, 4) is 0 Å². The molecule has 2 aromatic heterocycles. The lowest BCUT2D eigenvalue weighted by molar-refractivity contribution is 0.0686. The molecular weight excluding hydrogens is 304 g/mol. The number of aryl methyl sites for hydroxylation is 1. The quantitative estimate of drug-likeness (QED) is 0.846. The summed E-state index contributed by atoms with van der Waals surface area (Å²) in [6.07, 6.45) is 2.36. The minimum atomic E-state index is -0.218. The van der Waals surface area contributed by atoms with E-state index in [0.29, 0.717) is 24.7 Å². The fraction of sp³-hybridized carbons (Fsp3) is 0.647. The predicted octanol–water partition coefficient (Wildman–Crippen LogP) is 2.07. The molecule has 1 aliphatic carbocycles. The second kappa shape index (κ2) is 5.16. The molecule has 0 saturated heterocycles. The number of amides is 1. The maximum Gasteiger partial charge on any atom is 0.272 e. The Hall–Kier alpha value is -2.18. The van der Waals surface area contributed by atoms with Crippen molar-refractivity contribution in [1.29, 1.82) is 0 Å². The zero-order valence-electron chi connectivity index (χ0n) is 14.8. The maximum atomic E-state index is 13.1. The average Bonchev–Trinajstić information content (AvgIpc) is 3.17. The Balaban J connectivity index is 1.65. The molecule has 0 spiro atoms. The second-order valence-corrected chi connectivity index (χ2v) is 7.85. The average molecular weight is 328 g/mol. The normalized spacial score (nSPS) is 17.9. The number of nitrogens with zero attached hydrogens (tertiary/aromatic N) is 6. The molecule has 0 bridgehead atoms. The lowest BCUT2D eigenvalue weighted by Gasteiger charge is -2.29. The van der Waals surface area contributed by atoms with Crippen LogP contribution in [0.15, 0.2) is 6.07 Å². The van der Waals surface area contributed by atoms with Crippen molar-refractivity contribution in [3.63, 3.8) is 0 Å². The summed E-state index contributed by atoms with van der Waals surface area (Å²) in [5, 5.41) is 13.1. The minimum absolute atomic E-state index is 0.0382. The summed E-state index contributed by atoms with van der Waals surface area (Å²) in [5.74, 6) is 2.34. The summed E-state index contributed by atoms with van der Waals surface area (Å²) in [7, 11) is 0. The van der Waals surface area contributed by atoms with Crippen LogP contribution in [0, 0.1) is 6.92 Å². The van der Waals surface area contributed by atoms with Gasteiger partial charge in [0.2, 0.25) is 0 Å². The van der Waals surface area contributed by atoms with E-state index in [1.54, 1.807) is 0 Å². The Morgan fingerprint density at radius 1 is 1.21 bits per heavy atom. The zero-order valence-corrected chi connectivity index (χ0v) is 14.8. The summed E-state index contributed by atoms with van der Waals surface area (Å²) in [5.41, 5.74) is 1.53. The predicted molar refractivity (Wildman–Crippen MR) is 88.7 cm³/mol. The van der Waals surface area contributed by atoms with Crippen molar-refractivity contribution >= 4 is 5.91 Å². The van der Waals surface area contributed by atoms with Crippen molar-refractivity contribution in [2.75, 3.05) is 6.54 Å². The van der Waals surface area contributed by atoms with Crippen molar-refractivity contribution in [1.82, 2.24) is 29.4 Å². The van der Waals surface area contributed by atoms with Gasteiger partial charge in [0.15, 0.2) is 5.82 Å². The SMILES string of the molecule is Cc1nnc2n1CCN(C(=O)c1cc(C3CC3)nn1C(C)(C)C)C2. The molecule has 2 aliphatic rings. The number of carbonyl (C=O) groups is 1. The molecule has 1 aliphatic heterocycles. The molecule has 128 valence electrons. The van der Waals surface area contributed by atoms with Gasteiger partial charge in [-0.2, -0.15) is 5.10 Å². The van der Waals surface area contributed by atoms with Crippen LogP contribution in [0.2, 0.25) is 0 Å². The Labute approximate surface area is 141 Å². The lowest BCUT2D eigenvalue weighted by atomic mass is 10.1. The molecule has 0 atom stereocenters. The van der Waals surface area contributed by atoms with E-state index in [4.69, 9.17) is 5.10 Å². The summed E-state index contributed by atoms with van der Waals surface area (Å²) >= 11 is 0. The van der Waals surface area contributed by atoms with E-state index in [2.05, 4.69) is 35.5 Å². The molecule has 0 N–H and O–H groups in total. The Morgan fingerprint density at radius 3 is 2.62 bits per heavy atom. The monoisotopic (exact) mass is 328 g/mol. The molecule has 1 saturated carbocycles. The first-order valence-electron chi connectivity index (χ1n) is 8.63.